The number of hydrogen-bond donors (Lipinski definition) is 1. The van der Waals surface area contributed by atoms with Gasteiger partial charge in [-0.1, -0.05) is 76.3 Å². The molecule has 0 heterocycles. The van der Waals surface area contributed by atoms with E-state index in [0.29, 0.717) is 10.8 Å². The molecule has 0 spiro atoms. The van der Waals surface area contributed by atoms with Crippen molar-refractivity contribution in [3.63, 3.8) is 0 Å². The maximum absolute atomic E-state index is 10.2. The molecule has 1 aromatic rings. The van der Waals surface area contributed by atoms with Crippen molar-refractivity contribution in [2.75, 3.05) is 0 Å². The maximum atomic E-state index is 10.2. The lowest BCUT2D eigenvalue weighted by Gasteiger charge is -2.58. The standard InChI is InChI=1S/C30H42O.C2H6/c1-21(22-9-5-4-6-10-22)8-7-11-23-13-15-27-26-14-12-24-20-25(31)16-18-30(24,3)28(26)17-19-29(23,27)2;1-2/h4-6,9-10,12,23,25-28,31H,1,7-8,11,13-20H2,2-3H3;1-2H3. The number of allylic oxidation sites excluding steroid dienone is 2. The van der Waals surface area contributed by atoms with Crippen molar-refractivity contribution in [3.05, 3.63) is 54.1 Å². The summed E-state index contributed by atoms with van der Waals surface area (Å²) in [6.45, 7) is 13.6. The molecule has 1 aromatic carbocycles. The number of hydrogen-bond acceptors (Lipinski definition) is 1. The third kappa shape index (κ3) is 4.52. The molecule has 182 valence electrons. The molecule has 0 radical (unpaired) electrons. The van der Waals surface area contributed by atoms with Gasteiger partial charge in [0.15, 0.2) is 0 Å². The van der Waals surface area contributed by atoms with E-state index < -0.39 is 0 Å². The van der Waals surface area contributed by atoms with Gasteiger partial charge in [-0.2, -0.15) is 0 Å². The highest BCUT2D eigenvalue weighted by molar-refractivity contribution is 5.62. The lowest BCUT2D eigenvalue weighted by atomic mass is 9.47. The molecule has 0 aliphatic heterocycles. The molecule has 0 aromatic heterocycles. The molecule has 0 saturated heterocycles. The van der Waals surface area contributed by atoms with Gasteiger partial charge in [-0.25, -0.2) is 0 Å². The van der Waals surface area contributed by atoms with Gasteiger partial charge in [0.1, 0.15) is 0 Å². The number of rotatable bonds is 5. The van der Waals surface area contributed by atoms with E-state index in [4.69, 9.17) is 0 Å². The summed E-state index contributed by atoms with van der Waals surface area (Å²) in [5.74, 6) is 3.55. The van der Waals surface area contributed by atoms with E-state index >= 15 is 0 Å². The second-order valence-corrected chi connectivity index (χ2v) is 11.8. The summed E-state index contributed by atoms with van der Waals surface area (Å²) >= 11 is 0. The summed E-state index contributed by atoms with van der Waals surface area (Å²) in [6, 6.07) is 10.7. The molecule has 7 atom stereocenters. The highest BCUT2D eigenvalue weighted by Gasteiger charge is 2.58. The fourth-order valence-electron chi connectivity index (χ4n) is 8.60. The van der Waals surface area contributed by atoms with Crippen LogP contribution in [-0.4, -0.2) is 11.2 Å². The Kier molecular flexibility index (Phi) is 7.59. The predicted octanol–water partition coefficient (Wildman–Crippen LogP) is 8.84. The maximum Gasteiger partial charge on any atom is 0.0577 e. The number of benzene rings is 1. The highest BCUT2D eigenvalue weighted by atomic mass is 16.3. The third-order valence-electron chi connectivity index (χ3n) is 10.5. The first kappa shape index (κ1) is 24.8. The second kappa shape index (κ2) is 10.1. The molecule has 1 nitrogen and oxygen atoms in total. The summed E-state index contributed by atoms with van der Waals surface area (Å²) in [5.41, 5.74) is 5.14. The smallest absolute Gasteiger partial charge is 0.0577 e. The van der Waals surface area contributed by atoms with Gasteiger partial charge in [-0.3, -0.25) is 0 Å². The predicted molar refractivity (Wildman–Crippen MR) is 142 cm³/mol. The van der Waals surface area contributed by atoms with Gasteiger partial charge < -0.3 is 5.11 Å². The summed E-state index contributed by atoms with van der Waals surface area (Å²) in [7, 11) is 0. The van der Waals surface area contributed by atoms with Crippen LogP contribution in [0.1, 0.15) is 104 Å². The Labute approximate surface area is 203 Å². The zero-order chi connectivity index (χ0) is 23.6. The number of aliphatic hydroxyl groups excluding tert-OH is 1. The normalized spacial score (nSPS) is 39.3. The molecule has 7 unspecified atom stereocenters. The number of fused-ring (bicyclic) bond motifs is 5. The molecule has 3 fully saturated rings. The van der Waals surface area contributed by atoms with Gasteiger partial charge in [-0.05, 0) is 116 Å². The number of aliphatic hydroxyl groups is 1. The van der Waals surface area contributed by atoms with E-state index in [1.165, 1.54) is 62.5 Å². The first-order valence-electron chi connectivity index (χ1n) is 14.0. The molecule has 4 aliphatic carbocycles. The van der Waals surface area contributed by atoms with E-state index in [1.54, 1.807) is 5.57 Å². The average molecular weight is 449 g/mol. The Balaban J connectivity index is 0.00000126. The van der Waals surface area contributed by atoms with Crippen LogP contribution in [0.2, 0.25) is 0 Å². The minimum atomic E-state index is -0.0915. The molecule has 0 amide bonds. The summed E-state index contributed by atoms with van der Waals surface area (Å²) in [5, 5.41) is 10.2. The van der Waals surface area contributed by atoms with Gasteiger partial charge in [0.2, 0.25) is 0 Å². The lowest BCUT2D eigenvalue weighted by Crippen LogP contribution is -2.50. The van der Waals surface area contributed by atoms with E-state index in [2.05, 4.69) is 56.8 Å². The monoisotopic (exact) mass is 448 g/mol. The Bertz CT molecular complexity index is 837. The molecule has 5 rings (SSSR count). The minimum Gasteiger partial charge on any atom is -0.393 e. The van der Waals surface area contributed by atoms with Crippen LogP contribution in [0.25, 0.3) is 5.57 Å². The first-order valence-corrected chi connectivity index (χ1v) is 14.0. The topological polar surface area (TPSA) is 20.2 Å². The summed E-state index contributed by atoms with van der Waals surface area (Å²) < 4.78 is 0. The van der Waals surface area contributed by atoms with Gasteiger partial charge in [0.05, 0.1) is 6.10 Å². The van der Waals surface area contributed by atoms with Crippen LogP contribution in [0, 0.1) is 34.5 Å². The van der Waals surface area contributed by atoms with E-state index in [9.17, 15) is 5.11 Å². The van der Waals surface area contributed by atoms with Crippen LogP contribution in [0.3, 0.4) is 0 Å². The quantitative estimate of drug-likeness (QED) is 0.446. The Morgan fingerprint density at radius 3 is 2.52 bits per heavy atom. The molecule has 1 heteroatoms. The van der Waals surface area contributed by atoms with Crippen molar-refractivity contribution in [2.45, 2.75) is 104 Å². The molecule has 4 aliphatic rings. The zero-order valence-electron chi connectivity index (χ0n) is 21.8. The second-order valence-electron chi connectivity index (χ2n) is 11.8. The highest BCUT2D eigenvalue weighted by Crippen LogP contribution is 2.66. The van der Waals surface area contributed by atoms with Crippen LogP contribution < -0.4 is 0 Å². The Morgan fingerprint density at radius 1 is 1.00 bits per heavy atom. The van der Waals surface area contributed by atoms with Gasteiger partial charge in [-0.15, -0.1) is 0 Å². The minimum absolute atomic E-state index is 0.0915. The first-order chi connectivity index (χ1) is 15.9. The Hall–Kier alpha value is -1.34. The van der Waals surface area contributed by atoms with Crippen molar-refractivity contribution >= 4 is 5.57 Å². The summed E-state index contributed by atoms with van der Waals surface area (Å²) in [6.07, 6.45) is 16.4. The Morgan fingerprint density at radius 2 is 1.76 bits per heavy atom. The van der Waals surface area contributed by atoms with E-state index in [-0.39, 0.29) is 6.10 Å². The molecule has 0 bridgehead atoms. The molecular weight excluding hydrogens is 400 g/mol. The van der Waals surface area contributed by atoms with Gasteiger partial charge >= 0.3 is 0 Å². The van der Waals surface area contributed by atoms with Crippen LogP contribution in [0.4, 0.5) is 0 Å². The fraction of sp³-hybridized carbons (Fsp3) is 0.688. The SMILES string of the molecule is C=C(CCCC1CCC2C3CC=C4CC(O)CCC4(C)C3CCC12C)c1ccccc1.CC. The fourth-order valence-corrected chi connectivity index (χ4v) is 8.60. The molecular formula is C32H48O. The van der Waals surface area contributed by atoms with Crippen LogP contribution >= 0.6 is 0 Å². The molecule has 1 N–H and O–H groups in total. The third-order valence-corrected chi connectivity index (χ3v) is 10.5. The van der Waals surface area contributed by atoms with Crippen molar-refractivity contribution < 1.29 is 5.11 Å². The zero-order valence-corrected chi connectivity index (χ0v) is 21.8. The van der Waals surface area contributed by atoms with E-state index in [1.807, 2.05) is 13.8 Å². The van der Waals surface area contributed by atoms with Crippen molar-refractivity contribution in [1.82, 2.24) is 0 Å². The largest absolute Gasteiger partial charge is 0.393 e. The van der Waals surface area contributed by atoms with E-state index in [0.717, 1.165) is 42.9 Å². The average Bonchev–Trinajstić information content (AvgIpc) is 3.17. The summed E-state index contributed by atoms with van der Waals surface area (Å²) in [4.78, 5) is 0. The van der Waals surface area contributed by atoms with Crippen molar-refractivity contribution in [3.8, 4) is 0 Å². The van der Waals surface area contributed by atoms with Crippen LogP contribution in [0.5, 0.6) is 0 Å². The molecule has 33 heavy (non-hydrogen) atoms. The molecule has 3 saturated carbocycles. The van der Waals surface area contributed by atoms with Crippen LogP contribution in [0.15, 0.2) is 48.6 Å². The van der Waals surface area contributed by atoms with Crippen molar-refractivity contribution in [1.29, 1.82) is 0 Å². The van der Waals surface area contributed by atoms with Gasteiger partial charge in [0.25, 0.3) is 0 Å². The van der Waals surface area contributed by atoms with Crippen molar-refractivity contribution in [2.24, 2.45) is 34.5 Å². The van der Waals surface area contributed by atoms with Gasteiger partial charge in [0, 0.05) is 0 Å². The lowest BCUT2D eigenvalue weighted by molar-refractivity contribution is -0.0507. The van der Waals surface area contributed by atoms with Crippen LogP contribution in [-0.2, 0) is 0 Å².